The first-order valence-corrected chi connectivity index (χ1v) is 10.0. The monoisotopic (exact) mass is 373 g/mol. The van der Waals surface area contributed by atoms with Crippen molar-refractivity contribution in [1.29, 1.82) is 0 Å². The molecule has 6 heteroatoms. The van der Waals surface area contributed by atoms with E-state index >= 15 is 0 Å². The lowest BCUT2D eigenvalue weighted by atomic mass is 10.1. The van der Waals surface area contributed by atoms with Gasteiger partial charge in [-0.05, 0) is 38.1 Å². The van der Waals surface area contributed by atoms with E-state index in [1.165, 1.54) is 11.1 Å². The molecule has 0 atom stereocenters. The summed E-state index contributed by atoms with van der Waals surface area (Å²) in [5.74, 6) is 1.29. The summed E-state index contributed by atoms with van der Waals surface area (Å²) in [6.07, 6.45) is 0. The van der Waals surface area contributed by atoms with Gasteiger partial charge in [0.15, 0.2) is 5.96 Å². The average Bonchev–Trinajstić information content (AvgIpc) is 3.06. The topological polar surface area (TPSA) is 52.6 Å². The molecule has 2 rings (SSSR count). The predicted octanol–water partition coefficient (Wildman–Crippen LogP) is 3.58. The van der Waals surface area contributed by atoms with Crippen LogP contribution in [-0.2, 0) is 19.6 Å². The van der Waals surface area contributed by atoms with E-state index in [9.17, 15) is 0 Å². The second-order valence-corrected chi connectivity index (χ2v) is 7.87. The van der Waals surface area contributed by atoms with Gasteiger partial charge in [0.1, 0.15) is 5.01 Å². The molecule has 1 aromatic carbocycles. The standard InChI is InChI=1S/C20H31N5S/c1-6-21-20(23-12-19-24-18(14-26-19)15(2)3)22-11-16-8-7-9-17(10-16)13-25(4)5/h7-10,14-15H,6,11-13H2,1-5H3,(H2,21,22,23). The summed E-state index contributed by atoms with van der Waals surface area (Å²) >= 11 is 1.70. The predicted molar refractivity (Wildman–Crippen MR) is 112 cm³/mol. The molecule has 0 aliphatic heterocycles. The Morgan fingerprint density at radius 1 is 1.23 bits per heavy atom. The van der Waals surface area contributed by atoms with Crippen LogP contribution in [0.1, 0.15) is 48.5 Å². The lowest BCUT2D eigenvalue weighted by Gasteiger charge is -2.12. The van der Waals surface area contributed by atoms with E-state index in [2.05, 4.69) is 85.0 Å². The number of aliphatic imine (C=N–C) groups is 1. The third-order valence-corrected chi connectivity index (χ3v) is 4.69. The van der Waals surface area contributed by atoms with Gasteiger partial charge in [0, 0.05) is 18.5 Å². The second kappa shape index (κ2) is 10.3. The maximum atomic E-state index is 4.72. The summed E-state index contributed by atoms with van der Waals surface area (Å²) in [6, 6.07) is 8.61. The van der Waals surface area contributed by atoms with Crippen molar-refractivity contribution in [3.8, 4) is 0 Å². The van der Waals surface area contributed by atoms with Crippen LogP contribution >= 0.6 is 11.3 Å². The smallest absolute Gasteiger partial charge is 0.191 e. The number of nitrogens with one attached hydrogen (secondary N) is 2. The van der Waals surface area contributed by atoms with Crippen LogP contribution in [-0.4, -0.2) is 36.5 Å². The molecule has 0 aliphatic carbocycles. The molecule has 2 aromatic rings. The van der Waals surface area contributed by atoms with Crippen LogP contribution in [0.4, 0.5) is 0 Å². The minimum atomic E-state index is 0.469. The number of thiazole rings is 1. The average molecular weight is 374 g/mol. The Morgan fingerprint density at radius 3 is 2.65 bits per heavy atom. The SMILES string of the molecule is CCNC(=NCc1cccc(CN(C)C)c1)NCc1nc(C(C)C)cs1. The van der Waals surface area contributed by atoms with Crippen LogP contribution in [0.5, 0.6) is 0 Å². The Bertz CT molecular complexity index is 706. The van der Waals surface area contributed by atoms with Gasteiger partial charge in [0.05, 0.1) is 18.8 Å². The molecule has 5 nitrogen and oxygen atoms in total. The van der Waals surface area contributed by atoms with Gasteiger partial charge in [0.2, 0.25) is 0 Å². The van der Waals surface area contributed by atoms with E-state index in [1.807, 2.05) is 0 Å². The van der Waals surface area contributed by atoms with Gasteiger partial charge >= 0.3 is 0 Å². The lowest BCUT2D eigenvalue weighted by Crippen LogP contribution is -2.36. The largest absolute Gasteiger partial charge is 0.357 e. The minimum Gasteiger partial charge on any atom is -0.357 e. The highest BCUT2D eigenvalue weighted by molar-refractivity contribution is 7.09. The van der Waals surface area contributed by atoms with Crippen molar-refractivity contribution in [1.82, 2.24) is 20.5 Å². The summed E-state index contributed by atoms with van der Waals surface area (Å²) in [4.78, 5) is 11.6. The molecule has 0 radical (unpaired) electrons. The van der Waals surface area contributed by atoms with E-state index < -0.39 is 0 Å². The van der Waals surface area contributed by atoms with Crippen LogP contribution in [0.3, 0.4) is 0 Å². The molecule has 0 amide bonds. The first kappa shape index (κ1) is 20.4. The van der Waals surface area contributed by atoms with Gasteiger partial charge in [-0.1, -0.05) is 38.1 Å². The fraction of sp³-hybridized carbons (Fsp3) is 0.500. The summed E-state index contributed by atoms with van der Waals surface area (Å²) in [5, 5.41) is 9.92. The number of rotatable bonds is 8. The molecule has 0 spiro atoms. The van der Waals surface area contributed by atoms with E-state index in [-0.39, 0.29) is 0 Å². The van der Waals surface area contributed by atoms with Crippen molar-refractivity contribution in [3.05, 3.63) is 51.5 Å². The number of aromatic nitrogens is 1. The van der Waals surface area contributed by atoms with Crippen LogP contribution in [0.15, 0.2) is 34.6 Å². The fourth-order valence-electron chi connectivity index (χ4n) is 2.53. The fourth-order valence-corrected chi connectivity index (χ4v) is 3.43. The van der Waals surface area contributed by atoms with Gasteiger partial charge in [0.25, 0.3) is 0 Å². The van der Waals surface area contributed by atoms with Crippen molar-refractivity contribution >= 4 is 17.3 Å². The number of hydrogen-bond donors (Lipinski definition) is 2. The molecule has 1 heterocycles. The highest BCUT2D eigenvalue weighted by atomic mass is 32.1. The Hall–Kier alpha value is -1.92. The first-order valence-electron chi connectivity index (χ1n) is 9.17. The third-order valence-electron chi connectivity index (χ3n) is 3.82. The highest BCUT2D eigenvalue weighted by Crippen LogP contribution is 2.17. The molecule has 142 valence electrons. The number of hydrogen-bond acceptors (Lipinski definition) is 4. The van der Waals surface area contributed by atoms with Crippen molar-refractivity contribution in [2.45, 2.75) is 46.3 Å². The van der Waals surface area contributed by atoms with Gasteiger partial charge in [-0.15, -0.1) is 11.3 Å². The minimum absolute atomic E-state index is 0.469. The number of benzene rings is 1. The maximum Gasteiger partial charge on any atom is 0.191 e. The Balaban J connectivity index is 1.97. The molecule has 26 heavy (non-hydrogen) atoms. The van der Waals surface area contributed by atoms with Crippen LogP contribution < -0.4 is 10.6 Å². The van der Waals surface area contributed by atoms with Gasteiger partial charge < -0.3 is 15.5 Å². The Labute approximate surface area is 161 Å². The zero-order valence-electron chi connectivity index (χ0n) is 16.5. The van der Waals surface area contributed by atoms with Crippen molar-refractivity contribution in [3.63, 3.8) is 0 Å². The zero-order valence-corrected chi connectivity index (χ0v) is 17.4. The first-order chi connectivity index (χ1) is 12.5. The molecule has 1 aromatic heterocycles. The van der Waals surface area contributed by atoms with Gasteiger partial charge in [-0.2, -0.15) is 0 Å². The van der Waals surface area contributed by atoms with Crippen molar-refractivity contribution < 1.29 is 0 Å². The molecular formula is C20H31N5S. The molecule has 0 fully saturated rings. The second-order valence-electron chi connectivity index (χ2n) is 6.93. The molecule has 2 N–H and O–H groups in total. The summed E-state index contributed by atoms with van der Waals surface area (Å²) in [6.45, 7) is 9.55. The number of nitrogens with zero attached hydrogens (tertiary/aromatic N) is 3. The van der Waals surface area contributed by atoms with E-state index in [4.69, 9.17) is 4.99 Å². The van der Waals surface area contributed by atoms with Crippen molar-refractivity contribution in [2.24, 2.45) is 4.99 Å². The molecule has 0 aliphatic rings. The molecule has 0 unspecified atom stereocenters. The molecule has 0 saturated carbocycles. The van der Waals surface area contributed by atoms with Gasteiger partial charge in [-0.25, -0.2) is 9.98 Å². The van der Waals surface area contributed by atoms with Crippen LogP contribution in [0.2, 0.25) is 0 Å². The quantitative estimate of drug-likeness (QED) is 0.548. The highest BCUT2D eigenvalue weighted by Gasteiger charge is 2.06. The van der Waals surface area contributed by atoms with E-state index in [1.54, 1.807) is 11.3 Å². The lowest BCUT2D eigenvalue weighted by molar-refractivity contribution is 0.402. The summed E-state index contributed by atoms with van der Waals surface area (Å²) < 4.78 is 0. The summed E-state index contributed by atoms with van der Waals surface area (Å²) in [5.41, 5.74) is 3.69. The summed E-state index contributed by atoms with van der Waals surface area (Å²) in [7, 11) is 4.17. The normalized spacial score (nSPS) is 12.0. The maximum absolute atomic E-state index is 4.72. The van der Waals surface area contributed by atoms with E-state index in [0.717, 1.165) is 29.8 Å². The van der Waals surface area contributed by atoms with Gasteiger partial charge in [-0.3, -0.25) is 0 Å². The number of guanidine groups is 1. The molecular weight excluding hydrogens is 342 g/mol. The van der Waals surface area contributed by atoms with Crippen LogP contribution in [0, 0.1) is 0 Å². The zero-order chi connectivity index (χ0) is 18.9. The van der Waals surface area contributed by atoms with Crippen LogP contribution in [0.25, 0.3) is 0 Å². The third kappa shape index (κ3) is 6.77. The van der Waals surface area contributed by atoms with E-state index in [0.29, 0.717) is 19.0 Å². The molecule has 0 saturated heterocycles. The Morgan fingerprint density at radius 2 is 2.00 bits per heavy atom. The molecule has 0 bridgehead atoms. The Kier molecular flexibility index (Phi) is 8.06. The van der Waals surface area contributed by atoms with Crippen molar-refractivity contribution in [2.75, 3.05) is 20.6 Å².